The van der Waals surface area contributed by atoms with Crippen molar-refractivity contribution < 1.29 is 4.21 Å². The molecule has 0 aromatic rings. The summed E-state index contributed by atoms with van der Waals surface area (Å²) in [5.74, 6) is 2.68. The third-order valence-electron chi connectivity index (χ3n) is 5.06. The van der Waals surface area contributed by atoms with Crippen molar-refractivity contribution in [2.45, 2.75) is 56.2 Å². The van der Waals surface area contributed by atoms with E-state index >= 15 is 0 Å². The first-order valence-electron chi connectivity index (χ1n) is 6.83. The fourth-order valence-electron chi connectivity index (χ4n) is 4.14. The van der Waals surface area contributed by atoms with Crippen LogP contribution < -0.4 is 0 Å². The molecule has 2 saturated carbocycles. The van der Waals surface area contributed by atoms with Crippen LogP contribution in [0.15, 0.2) is 0 Å². The second-order valence-corrected chi connectivity index (χ2v) is 7.63. The van der Waals surface area contributed by atoms with Gasteiger partial charge in [0.2, 0.25) is 0 Å². The predicted octanol–water partition coefficient (Wildman–Crippen LogP) is 2.37. The lowest BCUT2D eigenvalue weighted by Crippen LogP contribution is -2.42. The van der Waals surface area contributed by atoms with Gasteiger partial charge in [-0.1, -0.05) is 32.1 Å². The van der Waals surface area contributed by atoms with Crippen molar-refractivity contribution >= 4 is 10.8 Å². The van der Waals surface area contributed by atoms with Crippen LogP contribution in [-0.2, 0) is 10.8 Å². The van der Waals surface area contributed by atoms with E-state index in [0.717, 1.165) is 17.7 Å². The van der Waals surface area contributed by atoms with Crippen LogP contribution in [-0.4, -0.2) is 33.3 Å². The van der Waals surface area contributed by atoms with Crippen molar-refractivity contribution in [2.75, 3.05) is 12.9 Å². The second-order valence-electron chi connectivity index (χ2n) is 6.00. The Labute approximate surface area is 101 Å². The lowest BCUT2D eigenvalue weighted by molar-refractivity contribution is 0.143. The van der Waals surface area contributed by atoms with Gasteiger partial charge in [-0.3, -0.25) is 9.11 Å². The van der Waals surface area contributed by atoms with E-state index in [1.165, 1.54) is 44.9 Å². The molecule has 1 aliphatic heterocycles. The summed E-state index contributed by atoms with van der Waals surface area (Å²) in [6.07, 6.45) is 9.72. The molecule has 3 heteroatoms. The molecule has 3 aliphatic rings. The first-order chi connectivity index (χ1) is 7.75. The summed E-state index contributed by atoms with van der Waals surface area (Å²) >= 11 is 0. The van der Waals surface area contributed by atoms with E-state index in [4.69, 9.17) is 0 Å². The highest BCUT2D eigenvalue weighted by molar-refractivity contribution is 7.85. The average Bonchev–Trinajstić information content (AvgIpc) is 2.47. The van der Waals surface area contributed by atoms with Crippen molar-refractivity contribution in [1.82, 2.24) is 4.90 Å². The maximum atomic E-state index is 12.0. The molecule has 16 heavy (non-hydrogen) atoms. The SMILES string of the molecule is CN1CS(=O)C2CC3CCCCCC3CC21. The van der Waals surface area contributed by atoms with Gasteiger partial charge in [0.25, 0.3) is 0 Å². The zero-order chi connectivity index (χ0) is 11.1. The molecule has 3 fully saturated rings. The highest BCUT2D eigenvalue weighted by atomic mass is 32.2. The monoisotopic (exact) mass is 241 g/mol. The molecular formula is C13H23NOS. The highest BCUT2D eigenvalue weighted by Gasteiger charge is 2.45. The average molecular weight is 241 g/mol. The molecular weight excluding hydrogens is 218 g/mol. The van der Waals surface area contributed by atoms with E-state index in [1.54, 1.807) is 0 Å². The molecule has 1 heterocycles. The van der Waals surface area contributed by atoms with Gasteiger partial charge in [0, 0.05) is 16.8 Å². The van der Waals surface area contributed by atoms with Gasteiger partial charge >= 0.3 is 0 Å². The van der Waals surface area contributed by atoms with Gasteiger partial charge in [0.1, 0.15) is 0 Å². The molecule has 2 nitrogen and oxygen atoms in total. The Morgan fingerprint density at radius 1 is 1.06 bits per heavy atom. The van der Waals surface area contributed by atoms with Crippen molar-refractivity contribution in [3.8, 4) is 0 Å². The Hall–Kier alpha value is 0.110. The van der Waals surface area contributed by atoms with Crippen LogP contribution >= 0.6 is 0 Å². The normalized spacial score (nSPS) is 49.4. The van der Waals surface area contributed by atoms with E-state index in [2.05, 4.69) is 11.9 Å². The highest BCUT2D eigenvalue weighted by Crippen LogP contribution is 2.44. The fourth-order valence-corrected chi connectivity index (χ4v) is 6.05. The zero-order valence-corrected chi connectivity index (χ0v) is 11.0. The summed E-state index contributed by atoms with van der Waals surface area (Å²) in [6.45, 7) is 0. The maximum Gasteiger partial charge on any atom is 0.0751 e. The van der Waals surface area contributed by atoms with E-state index in [0.29, 0.717) is 11.3 Å². The van der Waals surface area contributed by atoms with Crippen LogP contribution in [0.2, 0.25) is 0 Å². The zero-order valence-electron chi connectivity index (χ0n) is 10.2. The lowest BCUT2D eigenvalue weighted by Gasteiger charge is -2.38. The minimum atomic E-state index is -0.564. The molecule has 92 valence electrons. The van der Waals surface area contributed by atoms with Gasteiger partial charge in [-0.2, -0.15) is 0 Å². The number of nitrogens with zero attached hydrogens (tertiary/aromatic N) is 1. The molecule has 0 N–H and O–H groups in total. The number of hydrogen-bond donors (Lipinski definition) is 0. The first-order valence-corrected chi connectivity index (χ1v) is 8.21. The van der Waals surface area contributed by atoms with E-state index < -0.39 is 10.8 Å². The molecule has 2 aliphatic carbocycles. The Balaban J connectivity index is 1.77. The van der Waals surface area contributed by atoms with Gasteiger partial charge < -0.3 is 0 Å². The quantitative estimate of drug-likeness (QED) is 0.649. The Bertz CT molecular complexity index is 294. The molecule has 3 rings (SSSR count). The van der Waals surface area contributed by atoms with Crippen LogP contribution in [0.3, 0.4) is 0 Å². The Morgan fingerprint density at radius 2 is 1.75 bits per heavy atom. The Kier molecular flexibility index (Phi) is 3.09. The van der Waals surface area contributed by atoms with Gasteiger partial charge in [-0.25, -0.2) is 0 Å². The van der Waals surface area contributed by atoms with Gasteiger partial charge in [0.15, 0.2) is 0 Å². The number of rotatable bonds is 0. The van der Waals surface area contributed by atoms with Crippen molar-refractivity contribution in [2.24, 2.45) is 11.8 Å². The molecule has 0 bridgehead atoms. The summed E-state index contributed by atoms with van der Waals surface area (Å²) in [5, 5.41) is 0.504. The van der Waals surface area contributed by atoms with Crippen LogP contribution in [0.4, 0.5) is 0 Å². The molecule has 0 spiro atoms. The van der Waals surface area contributed by atoms with Crippen LogP contribution in [0.25, 0.3) is 0 Å². The van der Waals surface area contributed by atoms with Crippen molar-refractivity contribution in [3.63, 3.8) is 0 Å². The molecule has 0 aromatic carbocycles. The van der Waals surface area contributed by atoms with Crippen LogP contribution in [0.1, 0.15) is 44.9 Å². The van der Waals surface area contributed by atoms with E-state index in [9.17, 15) is 4.21 Å². The summed E-state index contributed by atoms with van der Waals surface area (Å²) < 4.78 is 12.0. The molecule has 0 aromatic heterocycles. The van der Waals surface area contributed by atoms with Crippen LogP contribution in [0, 0.1) is 11.8 Å². The lowest BCUT2D eigenvalue weighted by atomic mass is 9.74. The summed E-state index contributed by atoms with van der Waals surface area (Å²) in [4.78, 5) is 2.36. The standard InChI is InChI=1S/C13H23NOS/c1-14-9-16(15)13-8-11-6-4-2-3-5-10(11)7-12(13)14/h10-13H,2-9H2,1H3. The number of hydrogen-bond acceptors (Lipinski definition) is 2. The summed E-state index contributed by atoms with van der Waals surface area (Å²) in [5.41, 5.74) is 0. The minimum absolute atomic E-state index is 0.504. The first kappa shape index (κ1) is 11.2. The third kappa shape index (κ3) is 1.86. The molecule has 0 amide bonds. The van der Waals surface area contributed by atoms with Crippen LogP contribution in [0.5, 0.6) is 0 Å². The van der Waals surface area contributed by atoms with Gasteiger partial charge in [0.05, 0.1) is 11.1 Å². The molecule has 0 radical (unpaired) electrons. The predicted molar refractivity (Wildman–Crippen MR) is 67.6 cm³/mol. The van der Waals surface area contributed by atoms with E-state index in [1.807, 2.05) is 0 Å². The maximum absolute atomic E-state index is 12.0. The number of fused-ring (bicyclic) bond motifs is 2. The summed E-state index contributed by atoms with van der Waals surface area (Å²) in [6, 6.07) is 0.639. The van der Waals surface area contributed by atoms with Gasteiger partial charge in [-0.05, 0) is 31.7 Å². The van der Waals surface area contributed by atoms with Gasteiger partial charge in [-0.15, -0.1) is 0 Å². The smallest absolute Gasteiger partial charge is 0.0751 e. The molecule has 1 saturated heterocycles. The molecule has 5 atom stereocenters. The van der Waals surface area contributed by atoms with Crippen molar-refractivity contribution in [1.29, 1.82) is 0 Å². The van der Waals surface area contributed by atoms with Crippen molar-refractivity contribution in [3.05, 3.63) is 0 Å². The Morgan fingerprint density at radius 3 is 2.50 bits per heavy atom. The van der Waals surface area contributed by atoms with E-state index in [-0.39, 0.29) is 0 Å². The largest absolute Gasteiger partial charge is 0.291 e. The fraction of sp³-hybridized carbons (Fsp3) is 1.00. The second kappa shape index (κ2) is 4.41. The summed E-state index contributed by atoms with van der Waals surface area (Å²) in [7, 11) is 1.60. The molecule has 5 unspecified atom stereocenters. The minimum Gasteiger partial charge on any atom is -0.291 e. The third-order valence-corrected chi connectivity index (χ3v) is 6.90. The topological polar surface area (TPSA) is 20.3 Å².